The van der Waals surface area contributed by atoms with Crippen molar-refractivity contribution in [3.05, 3.63) is 66.7 Å². The highest BCUT2D eigenvalue weighted by Crippen LogP contribution is 2.36. The molecule has 5 heteroatoms. The van der Waals surface area contributed by atoms with Gasteiger partial charge in [0.2, 0.25) is 0 Å². The first-order valence-electron chi connectivity index (χ1n) is 7.75. The molecule has 2 aromatic carbocycles. The van der Waals surface area contributed by atoms with Crippen molar-refractivity contribution in [3.63, 3.8) is 0 Å². The summed E-state index contributed by atoms with van der Waals surface area (Å²) in [5, 5.41) is 9.42. The smallest absolute Gasteiger partial charge is 0.193 e. The van der Waals surface area contributed by atoms with Gasteiger partial charge in [0.1, 0.15) is 23.6 Å². The Balaban J connectivity index is 1.76. The molecule has 0 saturated carbocycles. The van der Waals surface area contributed by atoms with Crippen molar-refractivity contribution in [3.8, 4) is 22.6 Å². The van der Waals surface area contributed by atoms with Gasteiger partial charge in [-0.2, -0.15) is 0 Å². The fraction of sp³-hybridized carbons (Fsp3) is 0.158. The number of aromatic hydroxyl groups is 1. The molecule has 0 radical (unpaired) electrons. The van der Waals surface area contributed by atoms with E-state index in [4.69, 9.17) is 4.74 Å². The monoisotopic (exact) mass is 320 g/mol. The van der Waals surface area contributed by atoms with E-state index in [1.54, 1.807) is 35.4 Å². The van der Waals surface area contributed by atoms with Crippen LogP contribution in [0.25, 0.3) is 11.1 Å². The number of nitrogens with zero attached hydrogens (tertiary/aromatic N) is 2. The van der Waals surface area contributed by atoms with E-state index in [1.807, 2.05) is 37.3 Å². The van der Waals surface area contributed by atoms with Crippen LogP contribution in [0.15, 0.2) is 61.2 Å². The van der Waals surface area contributed by atoms with Gasteiger partial charge >= 0.3 is 0 Å². The highest BCUT2D eigenvalue weighted by atomic mass is 16.5. The van der Waals surface area contributed by atoms with Crippen LogP contribution in [-0.2, 0) is 0 Å². The van der Waals surface area contributed by atoms with Gasteiger partial charge in [-0.15, -0.1) is 0 Å². The van der Waals surface area contributed by atoms with E-state index in [1.165, 1.54) is 0 Å². The number of phenolic OH excluding ortho intramolecular Hbond substituents is 1. The molecule has 1 aromatic heterocycles. The third-order valence-electron chi connectivity index (χ3n) is 4.32. The first-order valence-corrected chi connectivity index (χ1v) is 7.75. The maximum absolute atomic E-state index is 13.0. The van der Waals surface area contributed by atoms with Gasteiger partial charge in [0, 0.05) is 12.4 Å². The Kier molecular flexibility index (Phi) is 3.34. The number of ether oxygens (including phenoxy) is 1. The SMILES string of the molecule is CC1Oc2ccc(-c3ccc(O)cc3)cc2C(=O)C1n1ccnc1. The zero-order valence-electron chi connectivity index (χ0n) is 13.1. The fourth-order valence-electron chi connectivity index (χ4n) is 3.11. The molecule has 0 spiro atoms. The van der Waals surface area contributed by atoms with Crippen LogP contribution in [-0.4, -0.2) is 26.5 Å². The molecule has 4 rings (SSSR count). The molecule has 0 amide bonds. The molecule has 0 bridgehead atoms. The second kappa shape index (κ2) is 5.53. The summed E-state index contributed by atoms with van der Waals surface area (Å²) >= 11 is 0. The lowest BCUT2D eigenvalue weighted by Gasteiger charge is -2.31. The van der Waals surface area contributed by atoms with Gasteiger partial charge in [-0.25, -0.2) is 4.98 Å². The molecule has 2 atom stereocenters. The molecule has 2 heterocycles. The topological polar surface area (TPSA) is 64.3 Å². The molecule has 1 N–H and O–H groups in total. The Morgan fingerprint density at radius 2 is 1.88 bits per heavy atom. The second-order valence-corrected chi connectivity index (χ2v) is 5.90. The van der Waals surface area contributed by atoms with Gasteiger partial charge in [-0.05, 0) is 42.3 Å². The number of fused-ring (bicyclic) bond motifs is 1. The van der Waals surface area contributed by atoms with E-state index < -0.39 is 6.04 Å². The summed E-state index contributed by atoms with van der Waals surface area (Å²) in [4.78, 5) is 17.0. The summed E-state index contributed by atoms with van der Waals surface area (Å²) in [7, 11) is 0. The number of hydrogen-bond acceptors (Lipinski definition) is 4. The van der Waals surface area contributed by atoms with Crippen molar-refractivity contribution in [1.82, 2.24) is 9.55 Å². The summed E-state index contributed by atoms with van der Waals surface area (Å²) < 4.78 is 7.72. The van der Waals surface area contributed by atoms with Crippen LogP contribution >= 0.6 is 0 Å². The summed E-state index contributed by atoms with van der Waals surface area (Å²) in [6.45, 7) is 1.89. The van der Waals surface area contributed by atoms with Crippen LogP contribution in [0, 0.1) is 0 Å². The Hall–Kier alpha value is -3.08. The molecule has 24 heavy (non-hydrogen) atoms. The van der Waals surface area contributed by atoms with E-state index in [-0.39, 0.29) is 17.6 Å². The van der Waals surface area contributed by atoms with Crippen molar-refractivity contribution in [2.24, 2.45) is 0 Å². The molecular weight excluding hydrogens is 304 g/mol. The van der Waals surface area contributed by atoms with Gasteiger partial charge in [0.25, 0.3) is 0 Å². The minimum absolute atomic E-state index is 0.0161. The van der Waals surface area contributed by atoms with E-state index in [2.05, 4.69) is 4.98 Å². The quantitative estimate of drug-likeness (QED) is 0.785. The molecule has 120 valence electrons. The number of carbonyl (C=O) groups is 1. The summed E-state index contributed by atoms with van der Waals surface area (Å²) in [6.07, 6.45) is 4.80. The van der Waals surface area contributed by atoms with Gasteiger partial charge < -0.3 is 14.4 Å². The van der Waals surface area contributed by atoms with E-state index in [0.29, 0.717) is 11.3 Å². The lowest BCUT2D eigenvalue weighted by molar-refractivity contribution is 0.0718. The van der Waals surface area contributed by atoms with E-state index in [0.717, 1.165) is 11.1 Å². The van der Waals surface area contributed by atoms with Crippen LogP contribution in [0.3, 0.4) is 0 Å². The van der Waals surface area contributed by atoms with Crippen molar-refractivity contribution in [1.29, 1.82) is 0 Å². The molecule has 0 saturated heterocycles. The molecule has 3 aromatic rings. The Bertz CT molecular complexity index is 885. The predicted molar refractivity (Wildman–Crippen MR) is 89.2 cm³/mol. The normalized spacial score (nSPS) is 19.6. The van der Waals surface area contributed by atoms with Crippen LogP contribution in [0.4, 0.5) is 0 Å². The summed E-state index contributed by atoms with van der Waals surface area (Å²) in [6, 6.07) is 12.1. The molecule has 0 fully saturated rings. The van der Waals surface area contributed by atoms with Gasteiger partial charge in [0.05, 0.1) is 11.9 Å². The Labute approximate surface area is 139 Å². The number of benzene rings is 2. The van der Waals surface area contributed by atoms with Gasteiger partial charge in [-0.1, -0.05) is 18.2 Å². The van der Waals surface area contributed by atoms with Crippen molar-refractivity contribution in [2.45, 2.75) is 19.1 Å². The molecule has 2 unspecified atom stereocenters. The third-order valence-corrected chi connectivity index (χ3v) is 4.32. The maximum atomic E-state index is 13.0. The third kappa shape index (κ3) is 2.34. The largest absolute Gasteiger partial charge is 0.508 e. The lowest BCUT2D eigenvalue weighted by atomic mass is 9.93. The number of imidazole rings is 1. The minimum atomic E-state index is -0.421. The molecule has 1 aliphatic rings. The zero-order chi connectivity index (χ0) is 16.7. The van der Waals surface area contributed by atoms with Gasteiger partial charge in [0.15, 0.2) is 5.78 Å². The molecule has 1 aliphatic heterocycles. The fourth-order valence-corrected chi connectivity index (χ4v) is 3.11. The van der Waals surface area contributed by atoms with Crippen molar-refractivity contribution < 1.29 is 14.6 Å². The number of aromatic nitrogens is 2. The number of phenols is 1. The summed E-state index contributed by atoms with van der Waals surface area (Å²) in [5.74, 6) is 0.832. The Morgan fingerprint density at radius 3 is 2.58 bits per heavy atom. The van der Waals surface area contributed by atoms with Gasteiger partial charge in [-0.3, -0.25) is 4.79 Å². The lowest BCUT2D eigenvalue weighted by Crippen LogP contribution is -2.37. The van der Waals surface area contributed by atoms with Crippen LogP contribution in [0.5, 0.6) is 11.5 Å². The average Bonchev–Trinajstić information content (AvgIpc) is 3.09. The number of ketones is 1. The molecule has 5 nitrogen and oxygen atoms in total. The predicted octanol–water partition coefficient (Wildman–Crippen LogP) is 3.46. The van der Waals surface area contributed by atoms with E-state index in [9.17, 15) is 9.90 Å². The molecule has 0 aliphatic carbocycles. The van der Waals surface area contributed by atoms with Crippen LogP contribution < -0.4 is 4.74 Å². The van der Waals surface area contributed by atoms with Crippen molar-refractivity contribution >= 4 is 5.78 Å². The number of Topliss-reactive ketones (excluding diaryl/α,β-unsaturated/α-hetero) is 1. The Morgan fingerprint density at radius 1 is 1.12 bits per heavy atom. The van der Waals surface area contributed by atoms with Crippen LogP contribution in [0.2, 0.25) is 0 Å². The average molecular weight is 320 g/mol. The zero-order valence-corrected chi connectivity index (χ0v) is 13.1. The minimum Gasteiger partial charge on any atom is -0.508 e. The second-order valence-electron chi connectivity index (χ2n) is 5.90. The standard InChI is InChI=1S/C19H16N2O3/c1-12-18(21-9-8-20-11-21)19(23)16-10-14(4-7-17(16)24-12)13-2-5-15(22)6-3-13/h2-12,18,22H,1H3. The number of hydrogen-bond donors (Lipinski definition) is 1. The number of carbonyl (C=O) groups excluding carboxylic acids is 1. The molecular formula is C19H16N2O3. The maximum Gasteiger partial charge on any atom is 0.193 e. The van der Waals surface area contributed by atoms with Crippen LogP contribution in [0.1, 0.15) is 23.3 Å². The van der Waals surface area contributed by atoms with E-state index >= 15 is 0 Å². The highest BCUT2D eigenvalue weighted by Gasteiger charge is 2.35. The summed E-state index contributed by atoms with van der Waals surface area (Å²) in [5.41, 5.74) is 2.41. The first kappa shape index (κ1) is 14.5. The first-order chi connectivity index (χ1) is 11.6. The van der Waals surface area contributed by atoms with Crippen molar-refractivity contribution in [2.75, 3.05) is 0 Å². The number of rotatable bonds is 2. The highest BCUT2D eigenvalue weighted by molar-refractivity contribution is 6.03.